The zero-order chi connectivity index (χ0) is 30.8. The van der Waals surface area contributed by atoms with Crippen LogP contribution in [0, 0.1) is 28.5 Å². The van der Waals surface area contributed by atoms with Crippen LogP contribution in [-0.4, -0.2) is 34.5 Å². The van der Waals surface area contributed by atoms with Gasteiger partial charge in [-0.25, -0.2) is 4.39 Å². The summed E-state index contributed by atoms with van der Waals surface area (Å²) < 4.78 is 87.2. The number of nitrogens with one attached hydrogen (secondary N) is 1. The van der Waals surface area contributed by atoms with E-state index >= 15 is 0 Å². The number of aliphatic hydroxyl groups is 2. The van der Waals surface area contributed by atoms with Gasteiger partial charge in [0.05, 0.1) is 46.6 Å². The minimum absolute atomic E-state index is 0.0604. The van der Waals surface area contributed by atoms with E-state index in [1.807, 2.05) is 0 Å². The fourth-order valence-corrected chi connectivity index (χ4v) is 4.37. The minimum Gasteiger partial charge on any atom is -0.393 e. The fourth-order valence-electron chi connectivity index (χ4n) is 4.37. The van der Waals surface area contributed by atoms with E-state index in [9.17, 15) is 35.8 Å². The zero-order valence-electron chi connectivity index (χ0n) is 21.9. The van der Waals surface area contributed by atoms with Crippen LogP contribution in [0.1, 0.15) is 73.6 Å². The predicted octanol–water partition coefficient (Wildman–Crippen LogP) is 6.26. The number of halogens is 7. The normalized spacial score (nSPS) is 22.5. The summed E-state index contributed by atoms with van der Waals surface area (Å²) in [4.78, 5) is 0. The summed E-state index contributed by atoms with van der Waals surface area (Å²) in [5.74, 6) is -1.01. The van der Waals surface area contributed by atoms with Crippen LogP contribution >= 0.6 is 0 Å². The Bertz CT molecular complexity index is 1200. The Labute approximate surface area is 233 Å². The number of benzene rings is 2. The Morgan fingerprint density at radius 2 is 1.15 bits per heavy atom. The van der Waals surface area contributed by atoms with Crippen molar-refractivity contribution < 1.29 is 40.9 Å². The molecule has 2 aliphatic rings. The molecule has 2 saturated carbocycles. The van der Waals surface area contributed by atoms with Crippen molar-refractivity contribution in [2.75, 3.05) is 5.32 Å². The molecule has 224 valence electrons. The second kappa shape index (κ2) is 15.0. The van der Waals surface area contributed by atoms with Crippen molar-refractivity contribution in [2.45, 2.75) is 88.0 Å². The molecule has 0 unspecified atom stereocenters. The minimum atomic E-state index is -4.69. The quantitative estimate of drug-likeness (QED) is 0.307. The van der Waals surface area contributed by atoms with Gasteiger partial charge in [-0.05, 0) is 87.8 Å². The van der Waals surface area contributed by atoms with E-state index in [0.29, 0.717) is 30.6 Å². The lowest BCUT2D eigenvalue weighted by molar-refractivity contribution is -0.138. The van der Waals surface area contributed by atoms with E-state index in [0.717, 1.165) is 56.7 Å². The van der Waals surface area contributed by atoms with Crippen LogP contribution in [0.25, 0.3) is 0 Å². The molecule has 0 saturated heterocycles. The molecule has 2 aromatic rings. The maximum absolute atomic E-state index is 12.8. The van der Waals surface area contributed by atoms with E-state index in [4.69, 9.17) is 21.4 Å². The molecule has 41 heavy (non-hydrogen) atoms. The summed E-state index contributed by atoms with van der Waals surface area (Å²) in [5.41, 5.74) is 2.84. The fraction of sp³-hybridized carbons (Fsp3) is 0.500. The summed E-state index contributed by atoms with van der Waals surface area (Å²) in [6.07, 6.45) is -3.02. The largest absolute Gasteiger partial charge is 0.417 e. The number of nitrogens with zero attached hydrogens (tertiary/aromatic N) is 2. The number of hydrogen-bond acceptors (Lipinski definition) is 6. The molecule has 0 atom stereocenters. The average Bonchev–Trinajstić information content (AvgIpc) is 2.91. The van der Waals surface area contributed by atoms with Crippen molar-refractivity contribution in [3.63, 3.8) is 0 Å². The number of nitriles is 2. The summed E-state index contributed by atoms with van der Waals surface area (Å²) >= 11 is 0. The highest BCUT2D eigenvalue weighted by Crippen LogP contribution is 2.34. The first-order valence-corrected chi connectivity index (χ1v) is 12.9. The molecule has 0 aliphatic heterocycles. The molecular formula is C28H31F7N4O2. The molecule has 0 heterocycles. The highest BCUT2D eigenvalue weighted by Gasteiger charge is 2.35. The van der Waals surface area contributed by atoms with Crippen LogP contribution in [0.4, 0.5) is 36.4 Å². The zero-order valence-corrected chi connectivity index (χ0v) is 21.9. The van der Waals surface area contributed by atoms with E-state index in [1.54, 1.807) is 6.07 Å². The number of anilines is 1. The Kier molecular flexibility index (Phi) is 12.4. The molecule has 2 aromatic carbocycles. The molecule has 0 aromatic heterocycles. The van der Waals surface area contributed by atoms with Gasteiger partial charge in [0, 0.05) is 17.8 Å². The number of alkyl halides is 6. The van der Waals surface area contributed by atoms with Crippen molar-refractivity contribution in [2.24, 2.45) is 5.73 Å². The van der Waals surface area contributed by atoms with Gasteiger partial charge in [-0.15, -0.1) is 0 Å². The summed E-state index contributed by atoms with van der Waals surface area (Å²) in [7, 11) is 0. The van der Waals surface area contributed by atoms with Gasteiger partial charge in [-0.3, -0.25) is 0 Å². The Balaban J connectivity index is 0.000000239. The number of nitrogens with two attached hydrogens (primary N) is 1. The van der Waals surface area contributed by atoms with Gasteiger partial charge < -0.3 is 21.3 Å². The number of rotatable bonds is 2. The van der Waals surface area contributed by atoms with Crippen molar-refractivity contribution in [3.8, 4) is 12.1 Å². The molecule has 6 nitrogen and oxygen atoms in total. The summed E-state index contributed by atoms with van der Waals surface area (Å²) in [5, 5.41) is 38.4. The number of hydrogen-bond donors (Lipinski definition) is 4. The Hall–Kier alpha value is -3.39. The maximum Gasteiger partial charge on any atom is 0.417 e. The van der Waals surface area contributed by atoms with Gasteiger partial charge in [0.15, 0.2) is 0 Å². The van der Waals surface area contributed by atoms with E-state index in [1.165, 1.54) is 18.2 Å². The van der Waals surface area contributed by atoms with Crippen molar-refractivity contribution >= 4 is 5.69 Å². The van der Waals surface area contributed by atoms with Crippen molar-refractivity contribution in [3.05, 3.63) is 64.5 Å². The predicted molar refractivity (Wildman–Crippen MR) is 137 cm³/mol. The standard InChI is InChI=1S/C14H15F3N2O.C8H3F4N.C6H13NO/c15-14(16,17)13-7-11(2-1-9(13)8-18)19-10-3-5-12(20)6-4-10;9-6-2-1-5(4-13)7(3-6)8(10,11)12;7-5-1-3-6(8)4-2-5/h1-2,7,10,12,19-20H,3-6H2;1-3H;5-6,8H,1-4,7H2. The van der Waals surface area contributed by atoms with E-state index in [-0.39, 0.29) is 23.8 Å². The van der Waals surface area contributed by atoms with Crippen LogP contribution in [0.5, 0.6) is 0 Å². The SMILES string of the molecule is N#Cc1ccc(F)cc1C(F)(F)F.N#Cc1ccc(NC2CCC(O)CC2)cc1C(F)(F)F.NC1CCC(O)CC1. The second-order valence-electron chi connectivity index (χ2n) is 9.89. The van der Waals surface area contributed by atoms with E-state index in [2.05, 4.69) is 5.32 Å². The second-order valence-corrected chi connectivity index (χ2v) is 9.89. The third-order valence-electron chi connectivity index (χ3n) is 6.66. The van der Waals surface area contributed by atoms with Crippen LogP contribution in [0.15, 0.2) is 36.4 Å². The molecule has 13 heteroatoms. The molecule has 0 radical (unpaired) electrons. The Morgan fingerprint density at radius 3 is 1.59 bits per heavy atom. The van der Waals surface area contributed by atoms with Crippen LogP contribution in [0.3, 0.4) is 0 Å². The van der Waals surface area contributed by atoms with Crippen molar-refractivity contribution in [1.29, 1.82) is 10.5 Å². The molecular weight excluding hydrogens is 557 g/mol. The molecule has 2 fully saturated rings. The highest BCUT2D eigenvalue weighted by molar-refractivity contribution is 5.53. The Morgan fingerprint density at radius 1 is 0.707 bits per heavy atom. The van der Waals surface area contributed by atoms with Gasteiger partial charge in [0.1, 0.15) is 5.82 Å². The summed E-state index contributed by atoms with van der Waals surface area (Å²) in [6.45, 7) is 0. The highest BCUT2D eigenvalue weighted by atomic mass is 19.4. The van der Waals surface area contributed by atoms with Gasteiger partial charge in [-0.2, -0.15) is 36.9 Å². The van der Waals surface area contributed by atoms with Gasteiger partial charge >= 0.3 is 12.4 Å². The van der Waals surface area contributed by atoms with Crippen LogP contribution in [0.2, 0.25) is 0 Å². The molecule has 0 bridgehead atoms. The van der Waals surface area contributed by atoms with E-state index < -0.39 is 34.9 Å². The van der Waals surface area contributed by atoms with Gasteiger partial charge in [0.2, 0.25) is 0 Å². The molecule has 5 N–H and O–H groups in total. The average molecular weight is 589 g/mol. The molecule has 0 amide bonds. The first-order valence-electron chi connectivity index (χ1n) is 12.9. The molecule has 0 spiro atoms. The molecule has 2 aliphatic carbocycles. The number of aliphatic hydroxyl groups excluding tert-OH is 2. The third-order valence-corrected chi connectivity index (χ3v) is 6.66. The van der Waals surface area contributed by atoms with Crippen LogP contribution < -0.4 is 11.1 Å². The lowest BCUT2D eigenvalue weighted by atomic mass is 9.93. The first-order chi connectivity index (χ1) is 19.1. The van der Waals surface area contributed by atoms with Crippen molar-refractivity contribution in [1.82, 2.24) is 0 Å². The van der Waals surface area contributed by atoms with Gasteiger partial charge in [0.25, 0.3) is 0 Å². The topological polar surface area (TPSA) is 126 Å². The smallest absolute Gasteiger partial charge is 0.393 e. The van der Waals surface area contributed by atoms with Gasteiger partial charge in [-0.1, -0.05) is 0 Å². The lowest BCUT2D eigenvalue weighted by Gasteiger charge is -2.27. The maximum atomic E-state index is 12.8. The first kappa shape index (κ1) is 33.8. The van der Waals surface area contributed by atoms with Crippen LogP contribution in [-0.2, 0) is 12.4 Å². The molecule has 4 rings (SSSR count). The summed E-state index contributed by atoms with van der Waals surface area (Å²) in [6, 6.07) is 8.89. The third kappa shape index (κ3) is 11.2. The lowest BCUT2D eigenvalue weighted by Crippen LogP contribution is -2.28. The monoisotopic (exact) mass is 588 g/mol.